The molecule has 17 heavy (non-hydrogen) atoms. The third-order valence-corrected chi connectivity index (χ3v) is 4.37. The quantitative estimate of drug-likeness (QED) is 0.891. The molecule has 0 aliphatic carbocycles. The van der Waals surface area contributed by atoms with E-state index < -0.39 is 0 Å². The summed E-state index contributed by atoms with van der Waals surface area (Å²) in [6, 6.07) is 4.43. The number of amides is 1. The highest BCUT2D eigenvalue weighted by Gasteiger charge is 2.23. The number of hydrogen-bond donors (Lipinski definition) is 1. The number of nitrogens with one attached hydrogen (secondary N) is 1. The molecule has 3 nitrogen and oxygen atoms in total. The van der Waals surface area contributed by atoms with Crippen LogP contribution in [0.15, 0.2) is 12.1 Å². The van der Waals surface area contributed by atoms with Crippen LogP contribution in [-0.4, -0.2) is 36.5 Å². The Bertz CT molecular complexity index is 389. The van der Waals surface area contributed by atoms with Crippen molar-refractivity contribution < 1.29 is 4.79 Å². The van der Waals surface area contributed by atoms with Crippen molar-refractivity contribution in [3.63, 3.8) is 0 Å². The number of nitrogens with zero attached hydrogens (tertiary/aromatic N) is 1. The van der Waals surface area contributed by atoms with E-state index in [2.05, 4.69) is 17.1 Å². The van der Waals surface area contributed by atoms with Gasteiger partial charge in [0, 0.05) is 17.5 Å². The number of hydrogen-bond acceptors (Lipinski definition) is 3. The zero-order chi connectivity index (χ0) is 12.3. The molecule has 0 spiro atoms. The van der Waals surface area contributed by atoms with Crippen molar-refractivity contribution in [2.45, 2.75) is 32.7 Å². The highest BCUT2D eigenvalue weighted by Crippen LogP contribution is 2.17. The molecule has 1 aliphatic heterocycles. The average Bonchev–Trinajstić information content (AvgIpc) is 2.94. The van der Waals surface area contributed by atoms with Gasteiger partial charge in [-0.25, -0.2) is 0 Å². The van der Waals surface area contributed by atoms with Crippen molar-refractivity contribution >= 4 is 17.2 Å². The Labute approximate surface area is 107 Å². The normalized spacial score (nSPS) is 20.7. The summed E-state index contributed by atoms with van der Waals surface area (Å²) in [5.74, 6) is 0.0750. The largest absolute Gasteiger partial charge is 0.350 e. The van der Waals surface area contributed by atoms with Crippen LogP contribution < -0.4 is 5.32 Å². The summed E-state index contributed by atoms with van der Waals surface area (Å²) in [6.45, 7) is 7.25. The summed E-state index contributed by atoms with van der Waals surface area (Å²) in [5, 5.41) is 3.05. The van der Waals surface area contributed by atoms with E-state index in [1.165, 1.54) is 24.3 Å². The van der Waals surface area contributed by atoms with Crippen LogP contribution in [0.5, 0.6) is 0 Å². The van der Waals surface area contributed by atoms with Crippen molar-refractivity contribution in [1.29, 1.82) is 0 Å². The molecule has 1 fully saturated rings. The molecule has 2 heterocycles. The summed E-state index contributed by atoms with van der Waals surface area (Å²) < 4.78 is 0. The van der Waals surface area contributed by atoms with E-state index >= 15 is 0 Å². The molecule has 2 rings (SSSR count). The Morgan fingerprint density at radius 2 is 2.41 bits per heavy atom. The van der Waals surface area contributed by atoms with Gasteiger partial charge in [-0.3, -0.25) is 9.69 Å². The van der Waals surface area contributed by atoms with Crippen molar-refractivity contribution in [1.82, 2.24) is 10.2 Å². The summed E-state index contributed by atoms with van der Waals surface area (Å²) in [6.07, 6.45) is 2.46. The Morgan fingerprint density at radius 3 is 3.06 bits per heavy atom. The first kappa shape index (κ1) is 12.6. The molecule has 1 aromatic rings. The first-order chi connectivity index (χ1) is 8.20. The van der Waals surface area contributed by atoms with Crippen molar-refractivity contribution in [2.24, 2.45) is 0 Å². The second-order valence-electron chi connectivity index (χ2n) is 4.54. The summed E-state index contributed by atoms with van der Waals surface area (Å²) in [5.41, 5.74) is 0. The molecule has 94 valence electrons. The maximum atomic E-state index is 11.9. The topological polar surface area (TPSA) is 32.3 Å². The lowest BCUT2D eigenvalue weighted by Crippen LogP contribution is -2.39. The summed E-state index contributed by atoms with van der Waals surface area (Å²) in [4.78, 5) is 16.3. The summed E-state index contributed by atoms with van der Waals surface area (Å²) in [7, 11) is 0. The Morgan fingerprint density at radius 1 is 1.59 bits per heavy atom. The standard InChI is InChI=1S/C13H20N2OS/c1-3-15-8-4-5-11(15)9-14-13(16)12-7-6-10(2)17-12/h6-7,11H,3-5,8-9H2,1-2H3,(H,14,16)/t11-/m0/s1. The molecule has 0 aromatic carbocycles. The SMILES string of the molecule is CCN1CCC[C@H]1CNC(=O)c1ccc(C)s1. The van der Waals surface area contributed by atoms with E-state index in [0.717, 1.165) is 18.0 Å². The molecule has 0 saturated carbocycles. The van der Waals surface area contributed by atoms with E-state index in [4.69, 9.17) is 0 Å². The highest BCUT2D eigenvalue weighted by atomic mass is 32.1. The molecule has 1 N–H and O–H groups in total. The predicted molar refractivity (Wildman–Crippen MR) is 71.7 cm³/mol. The van der Waals surface area contributed by atoms with Crippen LogP contribution in [0.25, 0.3) is 0 Å². The molecule has 1 saturated heterocycles. The van der Waals surface area contributed by atoms with Crippen LogP contribution >= 0.6 is 11.3 Å². The van der Waals surface area contributed by atoms with Crippen molar-refractivity contribution in [3.05, 3.63) is 21.9 Å². The Balaban J connectivity index is 1.84. The minimum Gasteiger partial charge on any atom is -0.350 e. The van der Waals surface area contributed by atoms with Gasteiger partial charge in [0.15, 0.2) is 0 Å². The van der Waals surface area contributed by atoms with Crippen LogP contribution in [0.3, 0.4) is 0 Å². The fraction of sp³-hybridized carbons (Fsp3) is 0.615. The second kappa shape index (κ2) is 5.65. The average molecular weight is 252 g/mol. The van der Waals surface area contributed by atoms with Gasteiger partial charge in [0.1, 0.15) is 0 Å². The van der Waals surface area contributed by atoms with Crippen LogP contribution in [0.1, 0.15) is 34.3 Å². The lowest BCUT2D eigenvalue weighted by atomic mass is 10.2. The molecular weight excluding hydrogens is 232 g/mol. The zero-order valence-electron chi connectivity index (χ0n) is 10.5. The van der Waals surface area contributed by atoms with Crippen LogP contribution in [0.4, 0.5) is 0 Å². The second-order valence-corrected chi connectivity index (χ2v) is 5.83. The van der Waals surface area contributed by atoms with Crippen molar-refractivity contribution in [2.75, 3.05) is 19.6 Å². The number of rotatable bonds is 4. The fourth-order valence-corrected chi connectivity index (χ4v) is 3.18. The fourth-order valence-electron chi connectivity index (χ4n) is 2.40. The number of carbonyl (C=O) groups excluding carboxylic acids is 1. The molecule has 1 amide bonds. The van der Waals surface area contributed by atoms with Gasteiger partial charge < -0.3 is 5.32 Å². The molecule has 0 bridgehead atoms. The van der Waals surface area contributed by atoms with E-state index in [9.17, 15) is 4.79 Å². The first-order valence-electron chi connectivity index (χ1n) is 6.29. The third kappa shape index (κ3) is 3.07. The molecule has 1 atom stereocenters. The molecule has 0 radical (unpaired) electrons. The van der Waals surface area contributed by atoms with Gasteiger partial charge in [-0.05, 0) is 45.0 Å². The maximum absolute atomic E-state index is 11.9. The van der Waals surface area contributed by atoms with Gasteiger partial charge in [0.05, 0.1) is 4.88 Å². The minimum atomic E-state index is 0.0750. The van der Waals surface area contributed by atoms with Gasteiger partial charge >= 0.3 is 0 Å². The van der Waals surface area contributed by atoms with Crippen LogP contribution in [-0.2, 0) is 0 Å². The van der Waals surface area contributed by atoms with E-state index in [0.29, 0.717) is 6.04 Å². The predicted octanol–water partition coefficient (Wildman–Crippen LogP) is 2.27. The van der Waals surface area contributed by atoms with Gasteiger partial charge in [-0.1, -0.05) is 6.92 Å². The maximum Gasteiger partial charge on any atom is 0.261 e. The molecule has 4 heteroatoms. The van der Waals surface area contributed by atoms with Gasteiger partial charge in [-0.15, -0.1) is 11.3 Å². The van der Waals surface area contributed by atoms with E-state index in [1.54, 1.807) is 11.3 Å². The van der Waals surface area contributed by atoms with E-state index in [1.807, 2.05) is 19.1 Å². The number of carbonyl (C=O) groups is 1. The number of likely N-dealkylation sites (N-methyl/N-ethyl adjacent to an activating group) is 1. The minimum absolute atomic E-state index is 0.0750. The number of thiophene rings is 1. The molecular formula is C13H20N2OS. The molecule has 1 aromatic heterocycles. The lowest BCUT2D eigenvalue weighted by Gasteiger charge is -2.22. The lowest BCUT2D eigenvalue weighted by molar-refractivity contribution is 0.0945. The van der Waals surface area contributed by atoms with Crippen molar-refractivity contribution in [3.8, 4) is 0 Å². The smallest absolute Gasteiger partial charge is 0.261 e. The zero-order valence-corrected chi connectivity index (χ0v) is 11.3. The monoisotopic (exact) mass is 252 g/mol. The summed E-state index contributed by atoms with van der Waals surface area (Å²) >= 11 is 1.56. The number of likely N-dealkylation sites (tertiary alicyclic amines) is 1. The Hall–Kier alpha value is -0.870. The first-order valence-corrected chi connectivity index (χ1v) is 7.11. The highest BCUT2D eigenvalue weighted by molar-refractivity contribution is 7.13. The Kier molecular flexibility index (Phi) is 4.18. The van der Waals surface area contributed by atoms with Gasteiger partial charge in [0.2, 0.25) is 0 Å². The van der Waals surface area contributed by atoms with Crippen LogP contribution in [0, 0.1) is 6.92 Å². The third-order valence-electron chi connectivity index (χ3n) is 3.37. The molecule has 0 unspecified atom stereocenters. The van der Waals surface area contributed by atoms with E-state index in [-0.39, 0.29) is 5.91 Å². The van der Waals surface area contributed by atoms with Crippen LogP contribution in [0.2, 0.25) is 0 Å². The number of aryl methyl sites for hydroxylation is 1. The van der Waals surface area contributed by atoms with Gasteiger partial charge in [0.25, 0.3) is 5.91 Å². The molecule has 1 aliphatic rings. The van der Waals surface area contributed by atoms with Gasteiger partial charge in [-0.2, -0.15) is 0 Å².